The normalized spacial score (nSPS) is 8.44. The van der Waals surface area contributed by atoms with E-state index in [0.717, 1.165) is 25.7 Å². The maximum atomic E-state index is 10.7. The number of aliphatic hydroxyl groups is 2. The Morgan fingerprint density at radius 2 is 1.33 bits per heavy atom. The lowest BCUT2D eigenvalue weighted by molar-refractivity contribution is 0.0536. The van der Waals surface area contributed by atoms with E-state index in [1.807, 2.05) is 13.8 Å². The van der Waals surface area contributed by atoms with Gasteiger partial charge in [0.15, 0.2) is 0 Å². The summed E-state index contributed by atoms with van der Waals surface area (Å²) in [5.41, 5.74) is 0. The Morgan fingerprint density at radius 1 is 0.944 bits per heavy atom. The van der Waals surface area contributed by atoms with Gasteiger partial charge >= 0.3 is 6.16 Å². The van der Waals surface area contributed by atoms with Crippen molar-refractivity contribution >= 4 is 6.16 Å². The molecule has 5 nitrogen and oxygen atoms in total. The fourth-order valence-electron chi connectivity index (χ4n) is 0.753. The van der Waals surface area contributed by atoms with E-state index in [1.165, 1.54) is 0 Å². The molecule has 0 heterocycles. The van der Waals surface area contributed by atoms with Crippen LogP contribution in [0.1, 0.15) is 39.5 Å². The van der Waals surface area contributed by atoms with E-state index in [4.69, 9.17) is 19.7 Å². The molecule has 0 aromatic carbocycles. The molecule has 2 N–H and O–H groups in total. The van der Waals surface area contributed by atoms with Crippen molar-refractivity contribution in [3.8, 4) is 11.8 Å². The highest BCUT2D eigenvalue weighted by Crippen LogP contribution is 1.93. The van der Waals surface area contributed by atoms with Crippen molar-refractivity contribution in [3.05, 3.63) is 0 Å². The third-order valence-electron chi connectivity index (χ3n) is 1.72. The Balaban J connectivity index is 0. The van der Waals surface area contributed by atoms with Crippen molar-refractivity contribution in [2.24, 2.45) is 0 Å². The number of carbonyl (C=O) groups excluding carboxylic acids is 1. The van der Waals surface area contributed by atoms with E-state index in [1.54, 1.807) is 0 Å². The largest absolute Gasteiger partial charge is 0.508 e. The Bertz CT molecular complexity index is 209. The minimum Gasteiger partial charge on any atom is -0.434 e. The predicted octanol–water partition coefficient (Wildman–Crippen LogP) is 1.71. The van der Waals surface area contributed by atoms with Crippen LogP contribution in [0.3, 0.4) is 0 Å². The van der Waals surface area contributed by atoms with Crippen LogP contribution in [0.15, 0.2) is 0 Å². The molecule has 0 aliphatic carbocycles. The standard InChI is InChI=1S/C9H18O3.C4H6O2/c1-3-5-7-11-9(10)12-8-6-4-2;5-3-1-2-4-6/h3-8H2,1-2H3;5-6H,3-4H2. The van der Waals surface area contributed by atoms with Gasteiger partial charge in [-0.05, 0) is 12.8 Å². The number of hydrogen-bond donors (Lipinski definition) is 2. The van der Waals surface area contributed by atoms with Crippen LogP contribution in [0, 0.1) is 11.8 Å². The van der Waals surface area contributed by atoms with Crippen LogP contribution in [0.25, 0.3) is 0 Å². The van der Waals surface area contributed by atoms with Crippen LogP contribution >= 0.6 is 0 Å². The van der Waals surface area contributed by atoms with E-state index in [2.05, 4.69) is 11.8 Å². The minimum absolute atomic E-state index is 0.166. The molecule has 0 fully saturated rings. The molecular weight excluding hydrogens is 236 g/mol. The van der Waals surface area contributed by atoms with E-state index in [9.17, 15) is 4.79 Å². The molecule has 0 amide bonds. The van der Waals surface area contributed by atoms with Crippen LogP contribution in [0.4, 0.5) is 4.79 Å². The first-order valence-electron chi connectivity index (χ1n) is 6.19. The van der Waals surface area contributed by atoms with Crippen molar-refractivity contribution in [2.75, 3.05) is 26.4 Å². The SMILES string of the molecule is CCCCOC(=O)OCCCC.OCC#CCO. The molecule has 0 aliphatic rings. The van der Waals surface area contributed by atoms with Crippen LogP contribution < -0.4 is 0 Å². The quantitative estimate of drug-likeness (QED) is 0.432. The molecule has 0 spiro atoms. The lowest BCUT2D eigenvalue weighted by atomic mass is 10.4. The van der Waals surface area contributed by atoms with Gasteiger partial charge in [-0.15, -0.1) is 0 Å². The second kappa shape index (κ2) is 18.1. The van der Waals surface area contributed by atoms with Gasteiger partial charge in [0, 0.05) is 0 Å². The van der Waals surface area contributed by atoms with Gasteiger partial charge in [-0.3, -0.25) is 0 Å². The second-order valence-corrected chi connectivity index (χ2v) is 3.32. The van der Waals surface area contributed by atoms with Crippen molar-refractivity contribution in [1.82, 2.24) is 0 Å². The highest BCUT2D eigenvalue weighted by atomic mass is 16.7. The first-order valence-corrected chi connectivity index (χ1v) is 6.19. The lowest BCUT2D eigenvalue weighted by Gasteiger charge is -2.04. The molecule has 0 atom stereocenters. The van der Waals surface area contributed by atoms with Gasteiger partial charge in [0.25, 0.3) is 0 Å². The average molecular weight is 260 g/mol. The summed E-state index contributed by atoms with van der Waals surface area (Å²) in [4.78, 5) is 10.7. The van der Waals surface area contributed by atoms with E-state index >= 15 is 0 Å². The van der Waals surface area contributed by atoms with Crippen LogP contribution in [0.5, 0.6) is 0 Å². The summed E-state index contributed by atoms with van der Waals surface area (Å²) in [6.45, 7) is 4.71. The van der Waals surface area contributed by atoms with Crippen molar-refractivity contribution in [1.29, 1.82) is 0 Å². The molecule has 106 valence electrons. The van der Waals surface area contributed by atoms with Gasteiger partial charge in [-0.25, -0.2) is 4.79 Å². The van der Waals surface area contributed by atoms with Gasteiger partial charge in [0.05, 0.1) is 13.2 Å². The Hall–Kier alpha value is -1.25. The van der Waals surface area contributed by atoms with Gasteiger partial charge in [0.2, 0.25) is 0 Å². The lowest BCUT2D eigenvalue weighted by Crippen LogP contribution is -2.09. The Labute approximate surface area is 109 Å². The van der Waals surface area contributed by atoms with Gasteiger partial charge in [-0.1, -0.05) is 38.5 Å². The van der Waals surface area contributed by atoms with Gasteiger partial charge < -0.3 is 19.7 Å². The van der Waals surface area contributed by atoms with Crippen LogP contribution in [-0.2, 0) is 9.47 Å². The zero-order valence-corrected chi connectivity index (χ0v) is 11.3. The number of hydrogen-bond acceptors (Lipinski definition) is 5. The van der Waals surface area contributed by atoms with E-state index in [-0.39, 0.29) is 13.2 Å². The molecule has 0 radical (unpaired) electrons. The Kier molecular flexibility index (Phi) is 19.2. The number of carbonyl (C=O) groups is 1. The second-order valence-electron chi connectivity index (χ2n) is 3.32. The third kappa shape index (κ3) is 20.2. The number of aliphatic hydroxyl groups excluding tert-OH is 2. The zero-order chi connectivity index (χ0) is 14.1. The summed E-state index contributed by atoms with van der Waals surface area (Å²) in [6, 6.07) is 0. The summed E-state index contributed by atoms with van der Waals surface area (Å²) >= 11 is 0. The molecule has 0 saturated heterocycles. The Morgan fingerprint density at radius 3 is 1.61 bits per heavy atom. The minimum atomic E-state index is -0.531. The molecular formula is C13H24O5. The van der Waals surface area contributed by atoms with Crippen LogP contribution in [-0.4, -0.2) is 42.8 Å². The molecule has 0 aromatic heterocycles. The summed E-state index contributed by atoms with van der Waals surface area (Å²) < 4.78 is 9.54. The summed E-state index contributed by atoms with van der Waals surface area (Å²) in [6.07, 6.45) is 3.34. The molecule has 0 rings (SSSR count). The zero-order valence-electron chi connectivity index (χ0n) is 11.3. The van der Waals surface area contributed by atoms with E-state index < -0.39 is 6.16 Å². The molecule has 0 unspecified atom stereocenters. The van der Waals surface area contributed by atoms with Crippen LogP contribution in [0.2, 0.25) is 0 Å². The highest BCUT2D eigenvalue weighted by molar-refractivity contribution is 5.59. The maximum Gasteiger partial charge on any atom is 0.508 e. The molecule has 0 aliphatic heterocycles. The smallest absolute Gasteiger partial charge is 0.434 e. The number of ether oxygens (including phenoxy) is 2. The van der Waals surface area contributed by atoms with Crippen molar-refractivity contribution in [2.45, 2.75) is 39.5 Å². The van der Waals surface area contributed by atoms with E-state index in [0.29, 0.717) is 13.2 Å². The first kappa shape index (κ1) is 19.1. The fourth-order valence-corrected chi connectivity index (χ4v) is 0.753. The third-order valence-corrected chi connectivity index (χ3v) is 1.72. The summed E-state index contributed by atoms with van der Waals surface area (Å²) in [5.74, 6) is 4.51. The van der Waals surface area contributed by atoms with Crippen molar-refractivity contribution in [3.63, 3.8) is 0 Å². The average Bonchev–Trinajstić information content (AvgIpc) is 2.38. The summed E-state index contributed by atoms with van der Waals surface area (Å²) in [7, 11) is 0. The molecule has 0 saturated carbocycles. The molecule has 0 aromatic rings. The number of unbranched alkanes of at least 4 members (excludes halogenated alkanes) is 2. The van der Waals surface area contributed by atoms with Gasteiger partial charge in [0.1, 0.15) is 13.2 Å². The summed E-state index contributed by atoms with van der Waals surface area (Å²) in [5, 5.41) is 15.8. The monoisotopic (exact) mass is 260 g/mol. The van der Waals surface area contributed by atoms with Gasteiger partial charge in [-0.2, -0.15) is 0 Å². The molecule has 18 heavy (non-hydrogen) atoms. The van der Waals surface area contributed by atoms with Crippen molar-refractivity contribution < 1.29 is 24.5 Å². The maximum absolute atomic E-state index is 10.7. The number of rotatable bonds is 6. The highest BCUT2D eigenvalue weighted by Gasteiger charge is 2.00. The predicted molar refractivity (Wildman–Crippen MR) is 69.1 cm³/mol. The fraction of sp³-hybridized carbons (Fsp3) is 0.769. The molecule has 5 heteroatoms. The molecule has 0 bridgehead atoms. The topological polar surface area (TPSA) is 76.0 Å². The first-order chi connectivity index (χ1) is 8.72.